The van der Waals surface area contributed by atoms with E-state index in [-0.39, 0.29) is 0 Å². The first-order chi connectivity index (χ1) is 9.85. The molecule has 0 saturated carbocycles. The summed E-state index contributed by atoms with van der Waals surface area (Å²) < 4.78 is 0. The van der Waals surface area contributed by atoms with E-state index in [0.717, 1.165) is 0 Å². The van der Waals surface area contributed by atoms with Gasteiger partial charge in [0.2, 0.25) is 0 Å². The fraction of sp³-hybridized carbons (Fsp3) is 0. The third-order valence-corrected chi connectivity index (χ3v) is 5.72. The second-order valence-corrected chi connectivity index (χ2v) is 6.97. The summed E-state index contributed by atoms with van der Waals surface area (Å²) in [5.41, 5.74) is 0. The highest BCUT2D eigenvalue weighted by Gasteiger charge is 2.03. The van der Waals surface area contributed by atoms with Crippen LogP contribution in [-0.4, -0.2) is 0 Å². The summed E-state index contributed by atoms with van der Waals surface area (Å²) in [6.07, 6.45) is 0. The Labute approximate surface area is 127 Å². The lowest BCUT2D eigenvalue weighted by Crippen LogP contribution is -1.90. The maximum Gasteiger partial charge on any atom is -0.00986 e. The summed E-state index contributed by atoms with van der Waals surface area (Å²) in [7, 11) is 0.658. The minimum atomic E-state index is 0.658. The van der Waals surface area contributed by atoms with Gasteiger partial charge in [0.05, 0.1) is 0 Å². The Morgan fingerprint density at radius 1 is 0.600 bits per heavy atom. The Hall–Kier alpha value is -1.43. The minimum absolute atomic E-state index is 0.658. The first kappa shape index (κ1) is 12.3. The van der Waals surface area contributed by atoms with Gasteiger partial charge < -0.3 is 0 Å². The van der Waals surface area contributed by atoms with Crippen LogP contribution in [-0.2, 0) is 0 Å². The molecule has 0 bridgehead atoms. The van der Waals surface area contributed by atoms with E-state index in [1.807, 2.05) is 0 Å². The molecule has 96 valence electrons. The molecule has 0 amide bonds. The van der Waals surface area contributed by atoms with Gasteiger partial charge >= 0.3 is 0 Å². The zero-order chi connectivity index (χ0) is 13.5. The fourth-order valence-electron chi connectivity index (χ4n) is 2.80. The van der Waals surface area contributed by atoms with Crippen LogP contribution < -0.4 is 5.30 Å². The van der Waals surface area contributed by atoms with Gasteiger partial charge in [-0.25, -0.2) is 0 Å². The predicted octanol–water partition coefficient (Wildman–Crippen LogP) is 5.76. The predicted molar refractivity (Wildman–Crippen MR) is 95.8 cm³/mol. The van der Waals surface area contributed by atoms with Crippen LogP contribution in [0.1, 0.15) is 0 Å². The first-order valence-electron chi connectivity index (χ1n) is 6.57. The van der Waals surface area contributed by atoms with E-state index in [1.165, 1.54) is 37.6 Å². The second-order valence-electron chi connectivity index (χ2n) is 5.02. The molecule has 0 nitrogen and oxygen atoms in total. The van der Waals surface area contributed by atoms with Crippen molar-refractivity contribution in [3.63, 3.8) is 0 Å². The van der Waals surface area contributed by atoms with Crippen molar-refractivity contribution < 1.29 is 0 Å². The zero-order valence-electron chi connectivity index (χ0n) is 10.7. The minimum Gasteiger partial charge on any atom is -0.0616 e. The largest absolute Gasteiger partial charge is 0.0616 e. The normalized spacial score (nSPS) is 12.1. The molecule has 4 aromatic carbocycles. The number of halogens is 1. The molecule has 4 rings (SSSR count). The molecule has 0 heterocycles. The van der Waals surface area contributed by atoms with Gasteiger partial charge in [0.1, 0.15) is 0 Å². The average molecular weight is 339 g/mol. The third-order valence-electron chi connectivity index (χ3n) is 3.81. The van der Waals surface area contributed by atoms with Crippen molar-refractivity contribution >= 4 is 60.4 Å². The van der Waals surface area contributed by atoms with Crippen molar-refractivity contribution in [1.29, 1.82) is 0 Å². The Morgan fingerprint density at radius 2 is 1.25 bits per heavy atom. The van der Waals surface area contributed by atoms with Crippen LogP contribution >= 0.6 is 22.8 Å². The second kappa shape index (κ2) is 4.84. The van der Waals surface area contributed by atoms with Crippen molar-refractivity contribution in [2.45, 2.75) is 0 Å². The highest BCUT2D eigenvalue weighted by molar-refractivity contribution is 9.37. The van der Waals surface area contributed by atoms with Crippen LogP contribution in [0.15, 0.2) is 66.7 Å². The lowest BCUT2D eigenvalue weighted by atomic mass is 9.98. The summed E-state index contributed by atoms with van der Waals surface area (Å²) in [5, 5.41) is 9.26. The van der Waals surface area contributed by atoms with Crippen molar-refractivity contribution in [3.8, 4) is 0 Å². The van der Waals surface area contributed by atoms with E-state index in [2.05, 4.69) is 82.2 Å². The monoisotopic (exact) mass is 338 g/mol. The summed E-state index contributed by atoms with van der Waals surface area (Å²) in [4.78, 5) is 0. The Morgan fingerprint density at radius 3 is 2.05 bits per heavy atom. The Kier molecular flexibility index (Phi) is 2.98. The molecule has 0 aliphatic heterocycles. The highest BCUT2D eigenvalue weighted by atomic mass is 79.9. The molecule has 1 unspecified atom stereocenters. The van der Waals surface area contributed by atoms with E-state index in [9.17, 15) is 0 Å². The van der Waals surface area contributed by atoms with Crippen LogP contribution in [0.25, 0.3) is 32.3 Å². The van der Waals surface area contributed by atoms with Crippen LogP contribution in [0.3, 0.4) is 0 Å². The molecule has 0 N–H and O–H groups in total. The molecule has 0 fully saturated rings. The quantitative estimate of drug-likeness (QED) is 0.235. The van der Waals surface area contributed by atoms with E-state index in [0.29, 0.717) is 7.28 Å². The Bertz CT molecular complexity index is 944. The summed E-state index contributed by atoms with van der Waals surface area (Å²) in [6.45, 7) is 0. The van der Waals surface area contributed by atoms with Gasteiger partial charge in [-0.3, -0.25) is 0 Å². The summed E-state index contributed by atoms with van der Waals surface area (Å²) >= 11 is 3.57. The van der Waals surface area contributed by atoms with Gasteiger partial charge in [0.25, 0.3) is 0 Å². The number of hydrogen-bond donors (Lipinski definition) is 0. The topological polar surface area (TPSA) is 0 Å². The molecule has 0 saturated heterocycles. The SMILES string of the molecule is BrPc1ccc2ccc3cc4ccccc4cc3c2c1. The van der Waals surface area contributed by atoms with Crippen molar-refractivity contribution in [3.05, 3.63) is 66.7 Å². The van der Waals surface area contributed by atoms with Crippen LogP contribution in [0.4, 0.5) is 0 Å². The van der Waals surface area contributed by atoms with Crippen LogP contribution in [0.5, 0.6) is 0 Å². The van der Waals surface area contributed by atoms with Crippen molar-refractivity contribution in [2.75, 3.05) is 0 Å². The zero-order valence-corrected chi connectivity index (χ0v) is 13.3. The number of hydrogen-bond acceptors (Lipinski definition) is 0. The fourth-order valence-corrected chi connectivity index (χ4v) is 3.89. The lowest BCUT2D eigenvalue weighted by Gasteiger charge is -2.07. The van der Waals surface area contributed by atoms with Gasteiger partial charge in [0.15, 0.2) is 0 Å². The maximum absolute atomic E-state index is 3.57. The Balaban J connectivity index is 2.18. The van der Waals surface area contributed by atoms with E-state index in [1.54, 1.807) is 0 Å². The van der Waals surface area contributed by atoms with Crippen molar-refractivity contribution in [1.82, 2.24) is 0 Å². The molecule has 2 heteroatoms. The molecule has 0 aliphatic carbocycles. The van der Waals surface area contributed by atoms with Gasteiger partial charge in [-0.05, 0) is 63.1 Å². The lowest BCUT2D eigenvalue weighted by molar-refractivity contribution is 1.79. The molecule has 4 aromatic rings. The first-order valence-corrected chi connectivity index (χ1v) is 9.83. The molecule has 0 aromatic heterocycles. The van der Waals surface area contributed by atoms with Crippen LogP contribution in [0, 0.1) is 0 Å². The molecule has 1 atom stereocenters. The molecule has 20 heavy (non-hydrogen) atoms. The molecular weight excluding hydrogens is 327 g/mol. The number of rotatable bonds is 1. The molecule has 0 radical (unpaired) electrons. The standard InChI is InChI=1S/C18H12BrP/c19-20-16-8-7-12-5-6-15-9-13-3-1-2-4-14(13)10-17(15)18(12)11-16/h1-11,20H. The van der Waals surface area contributed by atoms with E-state index >= 15 is 0 Å². The highest BCUT2D eigenvalue weighted by Crippen LogP contribution is 2.30. The summed E-state index contributed by atoms with van der Waals surface area (Å²) in [6, 6.07) is 24.3. The number of fused-ring (bicyclic) bond motifs is 4. The van der Waals surface area contributed by atoms with E-state index in [4.69, 9.17) is 0 Å². The average Bonchev–Trinajstić information content (AvgIpc) is 2.52. The van der Waals surface area contributed by atoms with Gasteiger partial charge in [0, 0.05) is 0 Å². The summed E-state index contributed by atoms with van der Waals surface area (Å²) in [5.74, 6) is 0. The van der Waals surface area contributed by atoms with E-state index < -0.39 is 0 Å². The molecule has 0 spiro atoms. The smallest absolute Gasteiger partial charge is 0.00986 e. The van der Waals surface area contributed by atoms with Gasteiger partial charge in [-0.1, -0.05) is 64.0 Å². The van der Waals surface area contributed by atoms with Crippen molar-refractivity contribution in [2.24, 2.45) is 0 Å². The third kappa shape index (κ3) is 1.93. The molecule has 0 aliphatic rings. The van der Waals surface area contributed by atoms with Gasteiger partial charge in [-0.15, -0.1) is 0 Å². The molecular formula is C18H12BrP. The van der Waals surface area contributed by atoms with Crippen LogP contribution in [0.2, 0.25) is 0 Å². The maximum atomic E-state index is 3.57. The number of benzene rings is 4. The van der Waals surface area contributed by atoms with Gasteiger partial charge in [-0.2, -0.15) is 0 Å².